The van der Waals surface area contributed by atoms with E-state index >= 15 is 0 Å². The molecule has 0 amide bonds. The lowest BCUT2D eigenvalue weighted by molar-refractivity contribution is 0.457. The van der Waals surface area contributed by atoms with Gasteiger partial charge in [-0.25, -0.2) is 9.37 Å². The molecule has 0 aliphatic rings. The summed E-state index contributed by atoms with van der Waals surface area (Å²) in [4.78, 5) is 4.06. The Hall–Kier alpha value is -2.02. The van der Waals surface area contributed by atoms with Crippen molar-refractivity contribution >= 4 is 21.6 Å². The first kappa shape index (κ1) is 11.1. The van der Waals surface area contributed by atoms with Crippen LogP contribution in [-0.4, -0.2) is 19.6 Å². The van der Waals surface area contributed by atoms with Crippen LogP contribution in [0.5, 0.6) is 11.6 Å². The molecule has 0 atom stereocenters. The number of hydrogen-bond acceptors (Lipinski definition) is 4. The molecule has 18 heavy (non-hydrogen) atoms. The summed E-state index contributed by atoms with van der Waals surface area (Å²) >= 11 is 3.28. The molecule has 0 radical (unpaired) electrons. The fourth-order valence-corrected chi connectivity index (χ4v) is 1.79. The minimum Gasteiger partial charge on any atom is -0.435 e. The lowest BCUT2D eigenvalue weighted by atomic mass is 10.3. The molecule has 3 aromatic rings. The van der Waals surface area contributed by atoms with E-state index in [1.165, 1.54) is 18.5 Å². The molecule has 2 aromatic heterocycles. The third-order valence-corrected chi connectivity index (χ3v) is 2.94. The number of nitrogens with zero attached hydrogens (tertiary/aromatic N) is 4. The van der Waals surface area contributed by atoms with E-state index in [-0.39, 0.29) is 11.7 Å². The summed E-state index contributed by atoms with van der Waals surface area (Å²) in [5.74, 6) is 0.210. The van der Waals surface area contributed by atoms with Crippen molar-refractivity contribution in [3.05, 3.63) is 47.2 Å². The van der Waals surface area contributed by atoms with Crippen LogP contribution in [-0.2, 0) is 0 Å². The molecular formula is C11H6BrFN4O. The maximum absolute atomic E-state index is 13.1. The summed E-state index contributed by atoms with van der Waals surface area (Å²) in [6, 6.07) is 4.17. The van der Waals surface area contributed by atoms with Crippen LogP contribution in [0.15, 0.2) is 41.4 Å². The van der Waals surface area contributed by atoms with Crippen LogP contribution < -0.4 is 4.74 Å². The SMILES string of the molecule is Fc1ccc(Br)c(Oc2nccn3cnnc23)c1. The first-order valence-corrected chi connectivity index (χ1v) is 5.80. The number of benzene rings is 1. The lowest BCUT2D eigenvalue weighted by Crippen LogP contribution is -1.94. The molecule has 0 fully saturated rings. The summed E-state index contributed by atoms with van der Waals surface area (Å²) in [5.41, 5.74) is 0.466. The van der Waals surface area contributed by atoms with Gasteiger partial charge in [0.1, 0.15) is 17.9 Å². The Morgan fingerprint density at radius 1 is 1.33 bits per heavy atom. The molecule has 0 bridgehead atoms. The van der Waals surface area contributed by atoms with Gasteiger partial charge >= 0.3 is 0 Å². The fourth-order valence-electron chi connectivity index (χ4n) is 1.47. The van der Waals surface area contributed by atoms with Crippen LogP contribution in [0.2, 0.25) is 0 Å². The van der Waals surface area contributed by atoms with E-state index in [0.717, 1.165) is 0 Å². The highest BCUT2D eigenvalue weighted by molar-refractivity contribution is 9.10. The van der Waals surface area contributed by atoms with Crippen molar-refractivity contribution in [2.75, 3.05) is 0 Å². The molecule has 90 valence electrons. The van der Waals surface area contributed by atoms with E-state index in [0.29, 0.717) is 15.9 Å². The quantitative estimate of drug-likeness (QED) is 0.730. The smallest absolute Gasteiger partial charge is 0.265 e. The highest BCUT2D eigenvalue weighted by Crippen LogP contribution is 2.30. The van der Waals surface area contributed by atoms with Crippen LogP contribution >= 0.6 is 15.9 Å². The van der Waals surface area contributed by atoms with Crippen molar-refractivity contribution in [1.29, 1.82) is 0 Å². The minimum absolute atomic E-state index is 0.265. The van der Waals surface area contributed by atoms with E-state index < -0.39 is 0 Å². The van der Waals surface area contributed by atoms with Crippen molar-refractivity contribution in [3.8, 4) is 11.6 Å². The molecule has 0 spiro atoms. The number of halogens is 2. The summed E-state index contributed by atoms with van der Waals surface area (Å²) < 4.78 is 21.0. The van der Waals surface area contributed by atoms with Crippen LogP contribution in [0.3, 0.4) is 0 Å². The molecule has 0 aliphatic heterocycles. The average molecular weight is 309 g/mol. The predicted molar refractivity (Wildman–Crippen MR) is 65.0 cm³/mol. The number of aromatic nitrogens is 4. The van der Waals surface area contributed by atoms with E-state index in [9.17, 15) is 4.39 Å². The Balaban J connectivity index is 2.06. The highest BCUT2D eigenvalue weighted by Gasteiger charge is 2.10. The lowest BCUT2D eigenvalue weighted by Gasteiger charge is -2.07. The zero-order chi connectivity index (χ0) is 12.5. The largest absolute Gasteiger partial charge is 0.435 e. The second-order valence-corrected chi connectivity index (χ2v) is 4.33. The van der Waals surface area contributed by atoms with Crippen molar-refractivity contribution < 1.29 is 9.13 Å². The topological polar surface area (TPSA) is 52.3 Å². The number of ether oxygens (including phenoxy) is 1. The number of hydrogen-bond donors (Lipinski definition) is 0. The average Bonchev–Trinajstić information content (AvgIpc) is 2.83. The fraction of sp³-hybridized carbons (Fsp3) is 0. The van der Waals surface area contributed by atoms with Gasteiger partial charge in [-0.3, -0.25) is 4.40 Å². The van der Waals surface area contributed by atoms with Gasteiger partial charge in [0.25, 0.3) is 5.88 Å². The molecule has 1 aromatic carbocycles. The minimum atomic E-state index is -0.387. The standard InChI is InChI=1S/C11H6BrFN4O/c12-8-2-1-7(13)5-9(8)18-11-10-16-15-6-17(10)4-3-14-11/h1-6H. The van der Waals surface area contributed by atoms with Gasteiger partial charge in [0.15, 0.2) is 0 Å². The zero-order valence-electron chi connectivity index (χ0n) is 8.92. The van der Waals surface area contributed by atoms with Gasteiger partial charge in [0.05, 0.1) is 4.47 Å². The second-order valence-electron chi connectivity index (χ2n) is 3.47. The molecule has 7 heteroatoms. The van der Waals surface area contributed by atoms with Gasteiger partial charge in [-0.05, 0) is 28.1 Å². The summed E-state index contributed by atoms with van der Waals surface area (Å²) in [5, 5.41) is 7.63. The van der Waals surface area contributed by atoms with Gasteiger partial charge in [0.2, 0.25) is 5.65 Å². The second kappa shape index (κ2) is 4.34. The normalized spacial score (nSPS) is 10.8. The Bertz CT molecular complexity index is 715. The van der Waals surface area contributed by atoms with Crippen LogP contribution in [0.4, 0.5) is 4.39 Å². The Labute approximate surface area is 109 Å². The van der Waals surface area contributed by atoms with Crippen molar-refractivity contribution in [1.82, 2.24) is 19.6 Å². The Morgan fingerprint density at radius 2 is 2.22 bits per heavy atom. The van der Waals surface area contributed by atoms with Gasteiger partial charge in [-0.15, -0.1) is 10.2 Å². The van der Waals surface area contributed by atoms with Gasteiger partial charge in [-0.2, -0.15) is 0 Å². The maximum atomic E-state index is 13.1. The van der Waals surface area contributed by atoms with E-state index in [4.69, 9.17) is 4.74 Å². The van der Waals surface area contributed by atoms with E-state index in [2.05, 4.69) is 31.1 Å². The third kappa shape index (κ3) is 1.92. The first-order valence-electron chi connectivity index (χ1n) is 5.01. The molecule has 0 saturated heterocycles. The molecule has 5 nitrogen and oxygen atoms in total. The predicted octanol–water partition coefficient (Wildman–Crippen LogP) is 2.82. The van der Waals surface area contributed by atoms with Crippen molar-refractivity contribution in [2.24, 2.45) is 0 Å². The zero-order valence-corrected chi connectivity index (χ0v) is 10.5. The summed E-state index contributed by atoms with van der Waals surface area (Å²) in [6.07, 6.45) is 4.78. The third-order valence-electron chi connectivity index (χ3n) is 2.28. The number of rotatable bonds is 2. The van der Waals surface area contributed by atoms with Gasteiger partial charge in [-0.1, -0.05) is 0 Å². The highest BCUT2D eigenvalue weighted by atomic mass is 79.9. The monoisotopic (exact) mass is 308 g/mol. The Kier molecular flexibility index (Phi) is 2.67. The molecule has 2 heterocycles. The van der Waals surface area contributed by atoms with Crippen molar-refractivity contribution in [3.63, 3.8) is 0 Å². The maximum Gasteiger partial charge on any atom is 0.265 e. The first-order chi connectivity index (χ1) is 8.74. The Morgan fingerprint density at radius 3 is 3.11 bits per heavy atom. The molecular weight excluding hydrogens is 303 g/mol. The van der Waals surface area contributed by atoms with Gasteiger partial charge < -0.3 is 4.74 Å². The van der Waals surface area contributed by atoms with Gasteiger partial charge in [0, 0.05) is 18.5 Å². The van der Waals surface area contributed by atoms with E-state index in [1.807, 2.05) is 0 Å². The molecule has 3 rings (SSSR count). The molecule has 0 saturated carbocycles. The molecule has 0 N–H and O–H groups in total. The van der Waals surface area contributed by atoms with Crippen LogP contribution in [0, 0.1) is 5.82 Å². The molecule has 0 aliphatic carbocycles. The van der Waals surface area contributed by atoms with Crippen LogP contribution in [0.25, 0.3) is 5.65 Å². The summed E-state index contributed by atoms with van der Waals surface area (Å²) in [6.45, 7) is 0. The van der Waals surface area contributed by atoms with Crippen LogP contribution in [0.1, 0.15) is 0 Å². The number of fused-ring (bicyclic) bond motifs is 1. The molecule has 0 unspecified atom stereocenters. The summed E-state index contributed by atoms with van der Waals surface area (Å²) in [7, 11) is 0. The van der Waals surface area contributed by atoms with Crippen molar-refractivity contribution in [2.45, 2.75) is 0 Å². The van der Waals surface area contributed by atoms with E-state index in [1.54, 1.807) is 22.9 Å².